The minimum absolute atomic E-state index is 0.216. The second kappa shape index (κ2) is 11.2. The van der Waals surface area contributed by atoms with Gasteiger partial charge in [0.05, 0.1) is 34.3 Å². The van der Waals surface area contributed by atoms with Gasteiger partial charge < -0.3 is 9.47 Å². The Balaban J connectivity index is 1.33. The molecule has 0 unspecified atom stereocenters. The maximum Gasteiger partial charge on any atom is 0.250 e. The first-order valence-corrected chi connectivity index (χ1v) is 12.1. The van der Waals surface area contributed by atoms with Crippen molar-refractivity contribution in [3.05, 3.63) is 82.9 Å². The van der Waals surface area contributed by atoms with Crippen molar-refractivity contribution in [1.82, 2.24) is 10.4 Å². The molecule has 168 valence electrons. The highest BCUT2D eigenvalue weighted by atomic mass is 35.5. The first-order chi connectivity index (χ1) is 16.1. The highest BCUT2D eigenvalue weighted by Gasteiger charge is 2.12. The van der Waals surface area contributed by atoms with Gasteiger partial charge in [0.15, 0.2) is 15.8 Å². The molecular formula is C24H20ClN3O3S2. The van der Waals surface area contributed by atoms with E-state index in [9.17, 15) is 4.79 Å². The Hall–Kier alpha value is -3.07. The molecule has 1 N–H and O–H groups in total. The number of halogens is 1. The average Bonchev–Trinajstić information content (AvgIpc) is 3.25. The van der Waals surface area contributed by atoms with Crippen molar-refractivity contribution in [2.45, 2.75) is 10.9 Å². The van der Waals surface area contributed by atoms with Crippen LogP contribution in [0.1, 0.15) is 11.1 Å². The standard InChI is InChI=1S/C24H20ClN3O3S2/c1-30-20-12-17(11-18(25)23(20)31-14-16-7-3-2-4-8-16)13-26-28-22(29)15-32-24-27-19-9-5-6-10-21(19)33-24/h2-13H,14-15H2,1H3,(H,28,29)/b26-13-. The maximum atomic E-state index is 12.1. The van der Waals surface area contributed by atoms with Crippen molar-refractivity contribution in [2.75, 3.05) is 12.9 Å². The molecular weight excluding hydrogens is 478 g/mol. The summed E-state index contributed by atoms with van der Waals surface area (Å²) < 4.78 is 13.2. The van der Waals surface area contributed by atoms with E-state index in [-0.39, 0.29) is 11.7 Å². The largest absolute Gasteiger partial charge is 0.493 e. The van der Waals surface area contributed by atoms with Gasteiger partial charge in [0, 0.05) is 0 Å². The van der Waals surface area contributed by atoms with E-state index in [2.05, 4.69) is 15.5 Å². The van der Waals surface area contributed by atoms with E-state index >= 15 is 0 Å². The number of fused-ring (bicyclic) bond motifs is 1. The number of amides is 1. The van der Waals surface area contributed by atoms with Crippen LogP contribution in [0.5, 0.6) is 11.5 Å². The molecule has 0 saturated heterocycles. The molecule has 0 saturated carbocycles. The zero-order valence-corrected chi connectivity index (χ0v) is 20.0. The topological polar surface area (TPSA) is 72.8 Å². The highest BCUT2D eigenvalue weighted by molar-refractivity contribution is 8.01. The van der Waals surface area contributed by atoms with Gasteiger partial charge in [0.25, 0.3) is 5.91 Å². The van der Waals surface area contributed by atoms with Gasteiger partial charge in [-0.15, -0.1) is 11.3 Å². The summed E-state index contributed by atoms with van der Waals surface area (Å²) in [6, 6.07) is 21.1. The first-order valence-electron chi connectivity index (χ1n) is 9.97. The van der Waals surface area contributed by atoms with Crippen LogP contribution in [0, 0.1) is 0 Å². The lowest BCUT2D eigenvalue weighted by Crippen LogP contribution is -2.19. The molecule has 1 amide bonds. The number of aromatic nitrogens is 1. The van der Waals surface area contributed by atoms with Gasteiger partial charge in [0.2, 0.25) is 0 Å². The van der Waals surface area contributed by atoms with Crippen LogP contribution in [0.2, 0.25) is 5.02 Å². The minimum Gasteiger partial charge on any atom is -0.493 e. The van der Waals surface area contributed by atoms with E-state index in [1.165, 1.54) is 18.0 Å². The van der Waals surface area contributed by atoms with Crippen LogP contribution in [-0.4, -0.2) is 30.0 Å². The number of hydrogen-bond donors (Lipinski definition) is 1. The zero-order chi connectivity index (χ0) is 23.0. The van der Waals surface area contributed by atoms with E-state index < -0.39 is 0 Å². The number of ether oxygens (including phenoxy) is 2. The van der Waals surface area contributed by atoms with Crippen LogP contribution in [0.3, 0.4) is 0 Å². The summed E-state index contributed by atoms with van der Waals surface area (Å²) in [7, 11) is 1.54. The van der Waals surface area contributed by atoms with Crippen LogP contribution in [0.4, 0.5) is 0 Å². The van der Waals surface area contributed by atoms with Gasteiger partial charge in [-0.05, 0) is 35.4 Å². The van der Waals surface area contributed by atoms with E-state index in [0.29, 0.717) is 28.7 Å². The summed E-state index contributed by atoms with van der Waals surface area (Å²) in [6.45, 7) is 0.368. The molecule has 4 aromatic rings. The zero-order valence-electron chi connectivity index (χ0n) is 17.7. The average molecular weight is 498 g/mol. The highest BCUT2D eigenvalue weighted by Crippen LogP contribution is 2.36. The van der Waals surface area contributed by atoms with E-state index in [0.717, 1.165) is 20.1 Å². The van der Waals surface area contributed by atoms with Crippen LogP contribution in [-0.2, 0) is 11.4 Å². The number of nitrogens with one attached hydrogen (secondary N) is 1. The molecule has 6 nitrogen and oxygen atoms in total. The summed E-state index contributed by atoms with van der Waals surface area (Å²) in [6.07, 6.45) is 1.51. The van der Waals surface area contributed by atoms with Gasteiger partial charge in [-0.2, -0.15) is 5.10 Å². The predicted molar refractivity (Wildman–Crippen MR) is 135 cm³/mol. The molecule has 4 rings (SSSR count). The van der Waals surface area contributed by atoms with Crippen molar-refractivity contribution in [1.29, 1.82) is 0 Å². The number of methoxy groups -OCH3 is 1. The number of benzene rings is 3. The Morgan fingerprint density at radius 3 is 2.76 bits per heavy atom. The number of rotatable bonds is 9. The Morgan fingerprint density at radius 2 is 1.97 bits per heavy atom. The molecule has 33 heavy (non-hydrogen) atoms. The fourth-order valence-corrected chi connectivity index (χ4v) is 5.07. The monoisotopic (exact) mass is 497 g/mol. The lowest BCUT2D eigenvalue weighted by atomic mass is 10.2. The lowest BCUT2D eigenvalue weighted by Gasteiger charge is -2.13. The third kappa shape index (κ3) is 6.25. The number of nitrogens with zero attached hydrogens (tertiary/aromatic N) is 2. The Labute approximate surface area is 204 Å². The molecule has 0 fully saturated rings. The van der Waals surface area contributed by atoms with Crippen LogP contribution in [0.25, 0.3) is 10.2 Å². The summed E-state index contributed by atoms with van der Waals surface area (Å²) in [5.74, 6) is 0.929. The van der Waals surface area contributed by atoms with Crippen molar-refractivity contribution in [2.24, 2.45) is 5.10 Å². The number of para-hydroxylation sites is 1. The summed E-state index contributed by atoms with van der Waals surface area (Å²) in [4.78, 5) is 16.7. The van der Waals surface area contributed by atoms with Crippen molar-refractivity contribution in [3.8, 4) is 11.5 Å². The summed E-state index contributed by atoms with van der Waals surface area (Å²) in [5, 5.41) is 4.42. The minimum atomic E-state index is -0.226. The van der Waals surface area contributed by atoms with Gasteiger partial charge in [-0.25, -0.2) is 10.4 Å². The second-order valence-corrected chi connectivity index (χ2v) is 9.50. The van der Waals surface area contributed by atoms with Crippen molar-refractivity contribution >= 4 is 57.0 Å². The number of carbonyl (C=O) groups is 1. The molecule has 0 spiro atoms. The fourth-order valence-electron chi connectivity index (χ4n) is 2.94. The number of carbonyl (C=O) groups excluding carboxylic acids is 1. The van der Waals surface area contributed by atoms with Crippen LogP contribution < -0.4 is 14.9 Å². The normalized spacial score (nSPS) is 11.1. The Kier molecular flexibility index (Phi) is 7.83. The third-order valence-electron chi connectivity index (χ3n) is 4.48. The molecule has 3 aromatic carbocycles. The van der Waals surface area contributed by atoms with E-state index in [1.54, 1.807) is 30.6 Å². The molecule has 0 aliphatic carbocycles. The van der Waals surface area contributed by atoms with Crippen molar-refractivity contribution < 1.29 is 14.3 Å². The van der Waals surface area contributed by atoms with E-state index in [4.69, 9.17) is 21.1 Å². The molecule has 0 aliphatic rings. The Bertz CT molecular complexity index is 1250. The molecule has 1 aromatic heterocycles. The smallest absolute Gasteiger partial charge is 0.250 e. The fraction of sp³-hybridized carbons (Fsp3) is 0.125. The van der Waals surface area contributed by atoms with Gasteiger partial charge in [-0.3, -0.25) is 4.79 Å². The molecule has 0 aliphatic heterocycles. The molecule has 0 radical (unpaired) electrons. The van der Waals surface area contributed by atoms with Crippen LogP contribution >= 0.6 is 34.7 Å². The quantitative estimate of drug-likeness (QED) is 0.180. The molecule has 0 bridgehead atoms. The second-order valence-electron chi connectivity index (χ2n) is 6.84. The van der Waals surface area contributed by atoms with Crippen LogP contribution in [0.15, 0.2) is 76.2 Å². The number of thioether (sulfide) groups is 1. The molecule has 1 heterocycles. The van der Waals surface area contributed by atoms with Gasteiger partial charge in [0.1, 0.15) is 6.61 Å². The Morgan fingerprint density at radius 1 is 1.18 bits per heavy atom. The number of hydrazone groups is 1. The molecule has 9 heteroatoms. The van der Waals surface area contributed by atoms with Gasteiger partial charge >= 0.3 is 0 Å². The third-order valence-corrected chi connectivity index (χ3v) is 6.94. The maximum absolute atomic E-state index is 12.1. The lowest BCUT2D eigenvalue weighted by molar-refractivity contribution is -0.118. The van der Waals surface area contributed by atoms with Gasteiger partial charge in [-0.1, -0.05) is 65.8 Å². The summed E-state index contributed by atoms with van der Waals surface area (Å²) >= 11 is 9.35. The van der Waals surface area contributed by atoms with E-state index in [1.807, 2.05) is 54.6 Å². The summed E-state index contributed by atoms with van der Waals surface area (Å²) in [5.41, 5.74) is 5.15. The SMILES string of the molecule is COc1cc(/C=N\NC(=O)CSc2nc3ccccc3s2)cc(Cl)c1OCc1ccccc1. The van der Waals surface area contributed by atoms with Crippen molar-refractivity contribution in [3.63, 3.8) is 0 Å². The number of thiazole rings is 1. The predicted octanol–water partition coefficient (Wildman–Crippen LogP) is 5.78. The molecule has 0 atom stereocenters. The first kappa shape index (κ1) is 23.1. The number of hydrogen-bond acceptors (Lipinski definition) is 7.